The molecule has 0 bridgehead atoms. The second-order valence-electron chi connectivity index (χ2n) is 6.66. The summed E-state index contributed by atoms with van der Waals surface area (Å²) in [6.07, 6.45) is 1.42. The van der Waals surface area contributed by atoms with E-state index in [-0.39, 0.29) is 23.8 Å². The van der Waals surface area contributed by atoms with Crippen LogP contribution in [-0.2, 0) is 4.79 Å². The van der Waals surface area contributed by atoms with E-state index in [0.29, 0.717) is 28.5 Å². The van der Waals surface area contributed by atoms with Crippen molar-refractivity contribution in [1.82, 2.24) is 5.43 Å². The minimum Gasteiger partial charge on any atom is -0.507 e. The van der Waals surface area contributed by atoms with Crippen LogP contribution in [0.15, 0.2) is 71.8 Å². The Kier molecular flexibility index (Phi) is 7.85. The summed E-state index contributed by atoms with van der Waals surface area (Å²) in [5.74, 6) is 0.250. The number of nitrogens with zero attached hydrogens (tertiary/aromatic N) is 1. The van der Waals surface area contributed by atoms with Crippen LogP contribution >= 0.6 is 0 Å². The maximum absolute atomic E-state index is 12.3. The SMILES string of the molecule is COc1ccccc1NC(=O)COc1ccc(/C=N/NC(=O)c2ccccc2O)cc1OC. The highest BCUT2D eigenvalue weighted by atomic mass is 16.5. The first-order valence-electron chi connectivity index (χ1n) is 9.87. The minimum atomic E-state index is -0.544. The molecular weight excluding hydrogens is 426 g/mol. The van der Waals surface area contributed by atoms with Gasteiger partial charge >= 0.3 is 0 Å². The van der Waals surface area contributed by atoms with E-state index in [4.69, 9.17) is 14.2 Å². The number of hydrogen-bond acceptors (Lipinski definition) is 7. The molecule has 0 heterocycles. The van der Waals surface area contributed by atoms with Crippen LogP contribution in [0.3, 0.4) is 0 Å². The standard InChI is InChI=1S/C24H23N3O6/c1-31-20-10-6-4-8-18(20)26-23(29)15-33-21-12-11-16(13-22(21)32-2)14-25-27-24(30)17-7-3-5-9-19(17)28/h3-14,28H,15H2,1-2H3,(H,26,29)(H,27,30)/b25-14+. The smallest absolute Gasteiger partial charge is 0.275 e. The molecule has 0 aromatic heterocycles. The Morgan fingerprint density at radius 3 is 2.42 bits per heavy atom. The van der Waals surface area contributed by atoms with E-state index in [1.54, 1.807) is 54.6 Å². The lowest BCUT2D eigenvalue weighted by Gasteiger charge is -2.12. The molecule has 0 aliphatic rings. The molecule has 0 spiro atoms. The van der Waals surface area contributed by atoms with Crippen LogP contribution in [0, 0.1) is 0 Å². The summed E-state index contributed by atoms with van der Waals surface area (Å²) in [4.78, 5) is 24.3. The van der Waals surface area contributed by atoms with Crippen molar-refractivity contribution < 1.29 is 28.9 Å². The Balaban J connectivity index is 1.59. The van der Waals surface area contributed by atoms with Crippen LogP contribution < -0.4 is 25.0 Å². The normalized spacial score (nSPS) is 10.5. The van der Waals surface area contributed by atoms with Gasteiger partial charge in [-0.1, -0.05) is 24.3 Å². The van der Waals surface area contributed by atoms with Crippen molar-refractivity contribution in [2.45, 2.75) is 0 Å². The maximum atomic E-state index is 12.3. The first-order valence-corrected chi connectivity index (χ1v) is 9.87. The Bertz CT molecular complexity index is 1160. The largest absolute Gasteiger partial charge is 0.507 e. The summed E-state index contributed by atoms with van der Waals surface area (Å²) in [6, 6.07) is 18.2. The Morgan fingerprint density at radius 1 is 0.939 bits per heavy atom. The summed E-state index contributed by atoms with van der Waals surface area (Å²) in [5.41, 5.74) is 3.62. The number of phenols is 1. The highest BCUT2D eigenvalue weighted by Gasteiger charge is 2.11. The van der Waals surface area contributed by atoms with Crippen molar-refractivity contribution in [2.24, 2.45) is 5.10 Å². The van der Waals surface area contributed by atoms with Gasteiger partial charge in [-0.15, -0.1) is 0 Å². The Morgan fingerprint density at radius 2 is 1.67 bits per heavy atom. The number of hydrazone groups is 1. The van der Waals surface area contributed by atoms with Gasteiger partial charge in [-0.05, 0) is 48.0 Å². The summed E-state index contributed by atoms with van der Waals surface area (Å²) in [7, 11) is 2.99. The van der Waals surface area contributed by atoms with Crippen LogP contribution in [0.25, 0.3) is 0 Å². The molecule has 3 rings (SSSR count). The molecule has 0 saturated heterocycles. The number of amides is 2. The quantitative estimate of drug-likeness (QED) is 0.341. The number of anilines is 1. The van der Waals surface area contributed by atoms with Crippen molar-refractivity contribution in [1.29, 1.82) is 0 Å². The Hall–Kier alpha value is -4.53. The lowest BCUT2D eigenvalue weighted by molar-refractivity contribution is -0.118. The van der Waals surface area contributed by atoms with Crippen LogP contribution in [0.5, 0.6) is 23.0 Å². The number of aromatic hydroxyl groups is 1. The van der Waals surface area contributed by atoms with Gasteiger partial charge in [0.15, 0.2) is 18.1 Å². The van der Waals surface area contributed by atoms with E-state index in [2.05, 4.69) is 15.8 Å². The van der Waals surface area contributed by atoms with E-state index >= 15 is 0 Å². The van der Waals surface area contributed by atoms with Crippen molar-refractivity contribution in [2.75, 3.05) is 26.1 Å². The summed E-state index contributed by atoms with van der Waals surface area (Å²) in [5, 5.41) is 16.3. The van der Waals surface area contributed by atoms with Crippen LogP contribution in [0.2, 0.25) is 0 Å². The number of nitrogens with one attached hydrogen (secondary N) is 2. The molecule has 170 valence electrons. The average molecular weight is 449 g/mol. The fourth-order valence-corrected chi connectivity index (χ4v) is 2.85. The van der Waals surface area contributed by atoms with E-state index in [9.17, 15) is 14.7 Å². The zero-order valence-electron chi connectivity index (χ0n) is 18.1. The van der Waals surface area contributed by atoms with Gasteiger partial charge in [-0.25, -0.2) is 5.43 Å². The highest BCUT2D eigenvalue weighted by Crippen LogP contribution is 2.28. The number of carbonyl (C=O) groups is 2. The van der Waals surface area contributed by atoms with Crippen molar-refractivity contribution >= 4 is 23.7 Å². The molecule has 0 aliphatic carbocycles. The summed E-state index contributed by atoms with van der Waals surface area (Å²) >= 11 is 0. The van der Waals surface area contributed by atoms with E-state index in [1.807, 2.05) is 0 Å². The van der Waals surface area contributed by atoms with Gasteiger partial charge in [0.2, 0.25) is 0 Å². The molecule has 3 aromatic rings. The number of rotatable bonds is 9. The molecule has 0 fully saturated rings. The molecule has 0 aliphatic heterocycles. The molecular formula is C24H23N3O6. The minimum absolute atomic E-state index is 0.113. The fraction of sp³-hybridized carbons (Fsp3) is 0.125. The van der Waals surface area contributed by atoms with Crippen molar-refractivity contribution in [3.8, 4) is 23.0 Å². The number of ether oxygens (including phenoxy) is 3. The molecule has 9 nitrogen and oxygen atoms in total. The first kappa shape index (κ1) is 23.1. The molecule has 9 heteroatoms. The third-order valence-electron chi connectivity index (χ3n) is 4.46. The third-order valence-corrected chi connectivity index (χ3v) is 4.46. The topological polar surface area (TPSA) is 118 Å². The summed E-state index contributed by atoms with van der Waals surface area (Å²) in [6.45, 7) is -0.238. The van der Waals surface area contributed by atoms with Gasteiger partial charge in [0.05, 0.1) is 31.7 Å². The first-order chi connectivity index (χ1) is 16.0. The molecule has 0 unspecified atom stereocenters. The van der Waals surface area contributed by atoms with Crippen LogP contribution in [0.4, 0.5) is 5.69 Å². The van der Waals surface area contributed by atoms with E-state index in [1.165, 1.54) is 32.6 Å². The molecule has 2 amide bonds. The predicted molar refractivity (Wildman–Crippen MR) is 123 cm³/mol. The molecule has 3 aromatic carbocycles. The lowest BCUT2D eigenvalue weighted by atomic mass is 10.2. The summed E-state index contributed by atoms with van der Waals surface area (Å²) < 4.78 is 16.1. The predicted octanol–water partition coefficient (Wildman–Crippen LogP) is 3.19. The Labute approximate surface area is 190 Å². The molecule has 33 heavy (non-hydrogen) atoms. The number of phenolic OH excluding ortho intramolecular Hbond substituents is 1. The lowest BCUT2D eigenvalue weighted by Crippen LogP contribution is -2.20. The molecule has 0 radical (unpaired) electrons. The van der Waals surface area contributed by atoms with Gasteiger partial charge in [0.25, 0.3) is 11.8 Å². The molecule has 3 N–H and O–H groups in total. The molecule has 0 atom stereocenters. The van der Waals surface area contributed by atoms with Crippen LogP contribution in [-0.4, -0.2) is 44.0 Å². The monoisotopic (exact) mass is 449 g/mol. The number of benzene rings is 3. The van der Waals surface area contributed by atoms with Crippen molar-refractivity contribution in [3.63, 3.8) is 0 Å². The van der Waals surface area contributed by atoms with Gasteiger partial charge in [-0.2, -0.15) is 5.10 Å². The van der Waals surface area contributed by atoms with Crippen LogP contribution in [0.1, 0.15) is 15.9 Å². The van der Waals surface area contributed by atoms with Gasteiger partial charge < -0.3 is 24.6 Å². The van der Waals surface area contributed by atoms with Crippen molar-refractivity contribution in [3.05, 3.63) is 77.9 Å². The zero-order chi connectivity index (χ0) is 23.6. The van der Waals surface area contributed by atoms with Gasteiger partial charge in [0, 0.05) is 0 Å². The number of carbonyl (C=O) groups excluding carboxylic acids is 2. The van der Waals surface area contributed by atoms with E-state index < -0.39 is 5.91 Å². The number of methoxy groups -OCH3 is 2. The highest BCUT2D eigenvalue weighted by molar-refractivity contribution is 5.97. The van der Waals surface area contributed by atoms with Gasteiger partial charge in [0.1, 0.15) is 11.5 Å². The zero-order valence-corrected chi connectivity index (χ0v) is 18.1. The van der Waals surface area contributed by atoms with Gasteiger partial charge in [-0.3, -0.25) is 9.59 Å². The maximum Gasteiger partial charge on any atom is 0.275 e. The number of para-hydroxylation sites is 3. The molecule has 0 saturated carbocycles. The second-order valence-corrected chi connectivity index (χ2v) is 6.66. The number of hydrogen-bond donors (Lipinski definition) is 3. The average Bonchev–Trinajstić information content (AvgIpc) is 2.83. The fourth-order valence-electron chi connectivity index (χ4n) is 2.85. The second kappa shape index (κ2) is 11.2. The third kappa shape index (κ3) is 6.23. The van der Waals surface area contributed by atoms with E-state index in [0.717, 1.165) is 0 Å².